The molecule has 0 heterocycles. The molecule has 0 saturated heterocycles. The Hall–Kier alpha value is -0.440. The van der Waals surface area contributed by atoms with Gasteiger partial charge in [0.15, 0.2) is 0 Å². The first-order chi connectivity index (χ1) is 7.49. The molecule has 1 aromatic rings. The fourth-order valence-electron chi connectivity index (χ4n) is 1.39. The standard InChI is InChI=1S/C12H16Cl2O2/c1-8(2)5-10(15)7-16-12-4-3-9(13)6-11(12)14/h3-4,6,8,10,15H,5,7H2,1-2H3. The zero-order valence-corrected chi connectivity index (χ0v) is 10.9. The molecule has 0 aliphatic heterocycles. The van der Waals surface area contributed by atoms with Gasteiger partial charge in [0.25, 0.3) is 0 Å². The summed E-state index contributed by atoms with van der Waals surface area (Å²) >= 11 is 11.7. The molecule has 0 aliphatic rings. The number of hydrogen-bond donors (Lipinski definition) is 1. The van der Waals surface area contributed by atoms with Crippen LogP contribution in [0.4, 0.5) is 0 Å². The highest BCUT2D eigenvalue weighted by Gasteiger charge is 2.09. The van der Waals surface area contributed by atoms with E-state index >= 15 is 0 Å². The monoisotopic (exact) mass is 262 g/mol. The largest absolute Gasteiger partial charge is 0.489 e. The van der Waals surface area contributed by atoms with Crippen LogP contribution in [0.25, 0.3) is 0 Å². The van der Waals surface area contributed by atoms with E-state index in [0.29, 0.717) is 28.1 Å². The first kappa shape index (κ1) is 13.6. The molecule has 1 atom stereocenters. The van der Waals surface area contributed by atoms with E-state index in [1.54, 1.807) is 18.2 Å². The fraction of sp³-hybridized carbons (Fsp3) is 0.500. The second-order valence-electron chi connectivity index (χ2n) is 4.17. The van der Waals surface area contributed by atoms with Crippen molar-refractivity contribution in [3.63, 3.8) is 0 Å². The van der Waals surface area contributed by atoms with E-state index in [4.69, 9.17) is 27.9 Å². The van der Waals surface area contributed by atoms with E-state index in [2.05, 4.69) is 13.8 Å². The van der Waals surface area contributed by atoms with E-state index in [0.717, 1.165) is 0 Å². The second kappa shape index (κ2) is 6.33. The molecule has 0 spiro atoms. The van der Waals surface area contributed by atoms with Gasteiger partial charge in [-0.15, -0.1) is 0 Å². The Kier molecular flexibility index (Phi) is 5.39. The van der Waals surface area contributed by atoms with Crippen LogP contribution >= 0.6 is 23.2 Å². The predicted molar refractivity (Wildman–Crippen MR) is 67.4 cm³/mol. The Morgan fingerprint density at radius 2 is 2.00 bits per heavy atom. The smallest absolute Gasteiger partial charge is 0.138 e. The molecule has 0 aliphatic carbocycles. The van der Waals surface area contributed by atoms with Gasteiger partial charge in [-0.2, -0.15) is 0 Å². The van der Waals surface area contributed by atoms with Crippen molar-refractivity contribution in [2.24, 2.45) is 5.92 Å². The Labute approximate surface area is 106 Å². The summed E-state index contributed by atoms with van der Waals surface area (Å²) < 4.78 is 5.41. The number of aliphatic hydroxyl groups is 1. The summed E-state index contributed by atoms with van der Waals surface area (Å²) in [5.41, 5.74) is 0. The van der Waals surface area contributed by atoms with Crippen molar-refractivity contribution in [3.8, 4) is 5.75 Å². The van der Waals surface area contributed by atoms with Gasteiger partial charge in [-0.1, -0.05) is 37.0 Å². The lowest BCUT2D eigenvalue weighted by Gasteiger charge is -2.14. The number of rotatable bonds is 5. The molecule has 1 N–H and O–H groups in total. The average molecular weight is 263 g/mol. The van der Waals surface area contributed by atoms with E-state index in [9.17, 15) is 5.11 Å². The third-order valence-corrected chi connectivity index (χ3v) is 2.60. The normalized spacial score (nSPS) is 12.9. The Morgan fingerprint density at radius 3 is 2.56 bits per heavy atom. The molecule has 1 aromatic carbocycles. The van der Waals surface area contributed by atoms with E-state index in [1.165, 1.54) is 0 Å². The minimum atomic E-state index is -0.466. The van der Waals surface area contributed by atoms with Gasteiger partial charge in [0.05, 0.1) is 11.1 Å². The lowest BCUT2D eigenvalue weighted by atomic mass is 10.1. The van der Waals surface area contributed by atoms with Crippen LogP contribution in [0.3, 0.4) is 0 Å². The minimum Gasteiger partial charge on any atom is -0.489 e. The van der Waals surface area contributed by atoms with Crippen molar-refractivity contribution >= 4 is 23.2 Å². The molecule has 0 radical (unpaired) electrons. The summed E-state index contributed by atoms with van der Waals surface area (Å²) in [5, 5.41) is 10.7. The lowest BCUT2D eigenvalue weighted by molar-refractivity contribution is 0.0893. The van der Waals surface area contributed by atoms with Crippen LogP contribution in [0.1, 0.15) is 20.3 Å². The van der Waals surface area contributed by atoms with Crippen molar-refractivity contribution in [2.45, 2.75) is 26.4 Å². The molecule has 16 heavy (non-hydrogen) atoms. The first-order valence-corrected chi connectivity index (χ1v) is 6.00. The van der Waals surface area contributed by atoms with E-state index in [1.807, 2.05) is 0 Å². The van der Waals surface area contributed by atoms with Crippen LogP contribution in [0.2, 0.25) is 10.0 Å². The predicted octanol–water partition coefficient (Wildman–Crippen LogP) is 3.78. The third kappa shape index (κ3) is 4.60. The highest BCUT2D eigenvalue weighted by molar-refractivity contribution is 6.35. The van der Waals surface area contributed by atoms with Crippen LogP contribution in [0, 0.1) is 5.92 Å². The minimum absolute atomic E-state index is 0.250. The van der Waals surface area contributed by atoms with Gasteiger partial charge in [0.1, 0.15) is 12.4 Å². The second-order valence-corrected chi connectivity index (χ2v) is 5.01. The van der Waals surface area contributed by atoms with Crippen molar-refractivity contribution < 1.29 is 9.84 Å². The number of ether oxygens (including phenoxy) is 1. The van der Waals surface area contributed by atoms with Crippen molar-refractivity contribution in [3.05, 3.63) is 28.2 Å². The lowest BCUT2D eigenvalue weighted by Crippen LogP contribution is -2.19. The molecule has 0 saturated carbocycles. The van der Waals surface area contributed by atoms with Crippen molar-refractivity contribution in [2.75, 3.05) is 6.61 Å². The van der Waals surface area contributed by atoms with Gasteiger partial charge < -0.3 is 9.84 Å². The summed E-state index contributed by atoms with van der Waals surface area (Å²) in [6.45, 7) is 4.36. The molecular weight excluding hydrogens is 247 g/mol. The molecule has 4 heteroatoms. The highest BCUT2D eigenvalue weighted by Crippen LogP contribution is 2.27. The van der Waals surface area contributed by atoms with Gasteiger partial charge in [-0.3, -0.25) is 0 Å². The van der Waals surface area contributed by atoms with Gasteiger partial charge in [-0.25, -0.2) is 0 Å². The molecule has 1 unspecified atom stereocenters. The molecule has 2 nitrogen and oxygen atoms in total. The number of halogens is 2. The summed E-state index contributed by atoms with van der Waals surface area (Å²) in [6.07, 6.45) is 0.248. The SMILES string of the molecule is CC(C)CC(O)COc1ccc(Cl)cc1Cl. The molecule has 0 aromatic heterocycles. The van der Waals surface area contributed by atoms with E-state index < -0.39 is 6.10 Å². The van der Waals surface area contributed by atoms with Crippen LogP contribution in [-0.2, 0) is 0 Å². The molecule has 0 bridgehead atoms. The number of hydrogen-bond acceptors (Lipinski definition) is 2. The number of aliphatic hydroxyl groups excluding tert-OH is 1. The summed E-state index contributed by atoms with van der Waals surface area (Å²) in [6, 6.07) is 5.03. The topological polar surface area (TPSA) is 29.5 Å². The average Bonchev–Trinajstić information content (AvgIpc) is 2.15. The maximum absolute atomic E-state index is 9.63. The fourth-order valence-corrected chi connectivity index (χ4v) is 1.85. The van der Waals surface area contributed by atoms with Crippen molar-refractivity contribution in [1.82, 2.24) is 0 Å². The Bertz CT molecular complexity index is 340. The van der Waals surface area contributed by atoms with Gasteiger partial charge >= 0.3 is 0 Å². The van der Waals surface area contributed by atoms with E-state index in [-0.39, 0.29) is 6.61 Å². The molecule has 1 rings (SSSR count). The zero-order valence-electron chi connectivity index (χ0n) is 9.41. The Balaban J connectivity index is 2.48. The van der Waals surface area contributed by atoms with Crippen LogP contribution in [-0.4, -0.2) is 17.8 Å². The molecule has 0 fully saturated rings. The van der Waals surface area contributed by atoms with Gasteiger partial charge in [0, 0.05) is 5.02 Å². The number of benzene rings is 1. The molecule has 0 amide bonds. The summed E-state index contributed by atoms with van der Waals surface area (Å²) in [4.78, 5) is 0. The summed E-state index contributed by atoms with van der Waals surface area (Å²) in [5.74, 6) is 0.994. The van der Waals surface area contributed by atoms with Gasteiger partial charge in [0.2, 0.25) is 0 Å². The summed E-state index contributed by atoms with van der Waals surface area (Å²) in [7, 11) is 0. The third-order valence-electron chi connectivity index (χ3n) is 2.07. The first-order valence-electron chi connectivity index (χ1n) is 5.25. The van der Waals surface area contributed by atoms with Crippen molar-refractivity contribution in [1.29, 1.82) is 0 Å². The highest BCUT2D eigenvalue weighted by atomic mass is 35.5. The van der Waals surface area contributed by atoms with Crippen LogP contribution < -0.4 is 4.74 Å². The van der Waals surface area contributed by atoms with Crippen LogP contribution in [0.15, 0.2) is 18.2 Å². The molecular formula is C12H16Cl2O2. The maximum atomic E-state index is 9.63. The van der Waals surface area contributed by atoms with Gasteiger partial charge in [-0.05, 0) is 30.5 Å². The quantitative estimate of drug-likeness (QED) is 0.876. The zero-order chi connectivity index (χ0) is 12.1. The molecule has 90 valence electrons. The Morgan fingerprint density at radius 1 is 1.31 bits per heavy atom. The van der Waals surface area contributed by atoms with Crippen LogP contribution in [0.5, 0.6) is 5.75 Å². The maximum Gasteiger partial charge on any atom is 0.138 e.